The van der Waals surface area contributed by atoms with E-state index in [1.807, 2.05) is 84.9 Å². The first kappa shape index (κ1) is 18.7. The van der Waals surface area contributed by atoms with E-state index in [0.29, 0.717) is 27.5 Å². The van der Waals surface area contributed by atoms with Gasteiger partial charge in [0.25, 0.3) is 0 Å². The minimum atomic E-state index is 0.503. The number of hydrogen-bond donors (Lipinski definition) is 0. The van der Waals surface area contributed by atoms with Crippen LogP contribution in [0.15, 0.2) is 91.0 Å². The molecule has 0 N–H and O–H groups in total. The van der Waals surface area contributed by atoms with E-state index in [1.54, 1.807) is 6.07 Å². The van der Waals surface area contributed by atoms with Gasteiger partial charge in [-0.25, -0.2) is 15.0 Å². The lowest BCUT2D eigenvalue weighted by Crippen LogP contribution is -2.01. The third-order valence-corrected chi connectivity index (χ3v) is 5.48. The summed E-state index contributed by atoms with van der Waals surface area (Å²) in [6.45, 7) is 0. The second kappa shape index (κ2) is 7.86. The van der Waals surface area contributed by atoms with Crippen LogP contribution in [0.1, 0.15) is 0 Å². The van der Waals surface area contributed by atoms with Crippen molar-refractivity contribution in [3.05, 3.63) is 101 Å². The molecule has 0 radical (unpaired) electrons. The van der Waals surface area contributed by atoms with Crippen LogP contribution in [0.4, 0.5) is 0 Å². The molecule has 0 unspecified atom stereocenters. The predicted octanol–water partition coefficient (Wildman–Crippen LogP) is 7.33. The van der Waals surface area contributed by atoms with Crippen LogP contribution in [0.3, 0.4) is 0 Å². The Morgan fingerprint density at radius 2 is 0.933 bits per heavy atom. The fourth-order valence-electron chi connectivity index (χ4n) is 3.45. The highest BCUT2D eigenvalue weighted by molar-refractivity contribution is 6.41. The van der Waals surface area contributed by atoms with Gasteiger partial charge in [0.05, 0.1) is 5.02 Å². The molecule has 0 aliphatic rings. The molecule has 1 aromatic heterocycles. The van der Waals surface area contributed by atoms with Crippen molar-refractivity contribution < 1.29 is 0 Å². The summed E-state index contributed by atoms with van der Waals surface area (Å²) >= 11 is 13.1. The van der Waals surface area contributed by atoms with Gasteiger partial charge in [-0.15, -0.1) is 0 Å². The summed E-state index contributed by atoms with van der Waals surface area (Å²) in [7, 11) is 0. The molecule has 3 nitrogen and oxygen atoms in total. The van der Waals surface area contributed by atoms with Gasteiger partial charge in [-0.2, -0.15) is 0 Å². The molecule has 0 fully saturated rings. The van der Waals surface area contributed by atoms with Crippen LogP contribution in [0.2, 0.25) is 10.0 Å². The molecule has 0 amide bonds. The molecule has 5 heteroatoms. The van der Waals surface area contributed by atoms with E-state index in [9.17, 15) is 0 Å². The van der Waals surface area contributed by atoms with E-state index in [1.165, 1.54) is 0 Å². The van der Waals surface area contributed by atoms with E-state index < -0.39 is 0 Å². The van der Waals surface area contributed by atoms with Crippen LogP contribution in [-0.4, -0.2) is 15.0 Å². The second-order valence-corrected chi connectivity index (χ2v) is 7.61. The summed E-state index contributed by atoms with van der Waals surface area (Å²) in [6, 6.07) is 29.3. The van der Waals surface area contributed by atoms with Crippen molar-refractivity contribution in [2.24, 2.45) is 0 Å². The van der Waals surface area contributed by atoms with Crippen molar-refractivity contribution in [3.8, 4) is 34.2 Å². The number of rotatable bonds is 3. The molecule has 4 aromatic carbocycles. The zero-order valence-corrected chi connectivity index (χ0v) is 17.3. The summed E-state index contributed by atoms with van der Waals surface area (Å²) < 4.78 is 0. The third-order valence-electron chi connectivity index (χ3n) is 4.87. The first-order chi connectivity index (χ1) is 14.7. The van der Waals surface area contributed by atoms with Crippen molar-refractivity contribution in [2.45, 2.75) is 0 Å². The standard InChI is InChI=1S/C25H15Cl2N3/c26-20-15-21(27)22(19-14-8-7-13-18(19)20)25-29-23(16-9-3-1-4-10-16)28-24(30-25)17-11-5-2-6-12-17/h1-15H. The Labute approximate surface area is 184 Å². The van der Waals surface area contributed by atoms with Gasteiger partial charge in [0.2, 0.25) is 0 Å². The van der Waals surface area contributed by atoms with Crippen LogP contribution in [0, 0.1) is 0 Å². The van der Waals surface area contributed by atoms with Gasteiger partial charge in [-0.3, -0.25) is 0 Å². The maximum absolute atomic E-state index is 6.65. The summed E-state index contributed by atoms with van der Waals surface area (Å²) in [5.41, 5.74) is 2.56. The molecule has 0 aliphatic carbocycles. The predicted molar refractivity (Wildman–Crippen MR) is 124 cm³/mol. The lowest BCUT2D eigenvalue weighted by molar-refractivity contribution is 1.08. The number of aromatic nitrogens is 3. The first-order valence-corrected chi connectivity index (χ1v) is 10.2. The van der Waals surface area contributed by atoms with E-state index in [4.69, 9.17) is 38.2 Å². The molecule has 0 aliphatic heterocycles. The molecule has 0 saturated heterocycles. The maximum atomic E-state index is 6.65. The van der Waals surface area contributed by atoms with E-state index >= 15 is 0 Å². The van der Waals surface area contributed by atoms with Crippen molar-refractivity contribution in [1.82, 2.24) is 15.0 Å². The number of fused-ring (bicyclic) bond motifs is 1. The highest BCUT2D eigenvalue weighted by Gasteiger charge is 2.18. The average Bonchev–Trinajstić information content (AvgIpc) is 2.80. The highest BCUT2D eigenvalue weighted by atomic mass is 35.5. The fraction of sp³-hybridized carbons (Fsp3) is 0. The van der Waals surface area contributed by atoms with Gasteiger partial charge >= 0.3 is 0 Å². The van der Waals surface area contributed by atoms with Crippen LogP contribution in [0.5, 0.6) is 0 Å². The minimum Gasteiger partial charge on any atom is -0.208 e. The molecule has 0 spiro atoms. The monoisotopic (exact) mass is 427 g/mol. The maximum Gasteiger partial charge on any atom is 0.166 e. The number of halogens is 2. The van der Waals surface area contributed by atoms with Crippen LogP contribution in [-0.2, 0) is 0 Å². The molecule has 1 heterocycles. The van der Waals surface area contributed by atoms with Crippen LogP contribution < -0.4 is 0 Å². The molecular formula is C25H15Cl2N3. The second-order valence-electron chi connectivity index (χ2n) is 6.80. The molecule has 30 heavy (non-hydrogen) atoms. The van der Waals surface area contributed by atoms with Crippen LogP contribution >= 0.6 is 23.2 Å². The molecule has 5 rings (SSSR count). The molecule has 0 saturated carbocycles. The van der Waals surface area contributed by atoms with Crippen molar-refractivity contribution in [2.75, 3.05) is 0 Å². The number of nitrogens with zero attached hydrogens (tertiary/aromatic N) is 3. The van der Waals surface area contributed by atoms with Crippen molar-refractivity contribution >= 4 is 34.0 Å². The average molecular weight is 428 g/mol. The Hall–Kier alpha value is -3.27. The number of benzene rings is 4. The first-order valence-electron chi connectivity index (χ1n) is 9.45. The number of hydrogen-bond acceptors (Lipinski definition) is 3. The van der Waals surface area contributed by atoms with E-state index in [2.05, 4.69) is 0 Å². The Kier molecular flexibility index (Phi) is 4.91. The largest absolute Gasteiger partial charge is 0.208 e. The van der Waals surface area contributed by atoms with Crippen molar-refractivity contribution in [1.29, 1.82) is 0 Å². The summed E-state index contributed by atoms with van der Waals surface area (Å²) in [6.07, 6.45) is 0. The topological polar surface area (TPSA) is 38.7 Å². The Morgan fingerprint density at radius 3 is 1.50 bits per heavy atom. The summed E-state index contributed by atoms with van der Waals surface area (Å²) in [4.78, 5) is 14.3. The Morgan fingerprint density at radius 1 is 0.467 bits per heavy atom. The Balaban J connectivity index is 1.82. The lowest BCUT2D eigenvalue weighted by atomic mass is 10.0. The lowest BCUT2D eigenvalue weighted by Gasteiger charge is -2.12. The minimum absolute atomic E-state index is 0.503. The molecule has 144 valence electrons. The zero-order valence-electron chi connectivity index (χ0n) is 15.8. The van der Waals surface area contributed by atoms with E-state index in [-0.39, 0.29) is 0 Å². The fourth-order valence-corrected chi connectivity index (χ4v) is 4.07. The van der Waals surface area contributed by atoms with Gasteiger partial charge < -0.3 is 0 Å². The Bertz CT molecular complexity index is 1300. The van der Waals surface area contributed by atoms with Gasteiger partial charge in [0, 0.05) is 27.1 Å². The normalized spacial score (nSPS) is 11.0. The summed E-state index contributed by atoms with van der Waals surface area (Å²) in [5.74, 6) is 1.70. The van der Waals surface area contributed by atoms with Gasteiger partial charge in [-0.05, 0) is 11.5 Å². The van der Waals surface area contributed by atoms with E-state index in [0.717, 1.165) is 27.5 Å². The van der Waals surface area contributed by atoms with Crippen molar-refractivity contribution in [3.63, 3.8) is 0 Å². The SMILES string of the molecule is Clc1cc(Cl)c2ccccc2c1-c1nc(-c2ccccc2)nc(-c2ccccc2)n1. The highest BCUT2D eigenvalue weighted by Crippen LogP contribution is 2.38. The van der Waals surface area contributed by atoms with Gasteiger partial charge in [-0.1, -0.05) is 108 Å². The summed E-state index contributed by atoms with van der Waals surface area (Å²) in [5, 5.41) is 2.91. The van der Waals surface area contributed by atoms with Crippen LogP contribution in [0.25, 0.3) is 44.9 Å². The van der Waals surface area contributed by atoms with Gasteiger partial charge in [0.1, 0.15) is 0 Å². The zero-order chi connectivity index (χ0) is 20.5. The third kappa shape index (κ3) is 3.43. The molecular weight excluding hydrogens is 413 g/mol. The smallest absolute Gasteiger partial charge is 0.166 e. The molecule has 0 bridgehead atoms. The molecule has 0 atom stereocenters. The van der Waals surface area contributed by atoms with Gasteiger partial charge in [0.15, 0.2) is 17.5 Å². The molecule has 5 aromatic rings. The quantitative estimate of drug-likeness (QED) is 0.302.